The van der Waals surface area contributed by atoms with Crippen LogP contribution in [0.4, 0.5) is 11.5 Å². The van der Waals surface area contributed by atoms with Crippen LogP contribution in [-0.4, -0.2) is 24.8 Å². The second-order valence-corrected chi connectivity index (χ2v) is 5.99. The molecule has 1 aliphatic heterocycles. The van der Waals surface area contributed by atoms with Crippen molar-refractivity contribution in [3.8, 4) is 11.8 Å². The summed E-state index contributed by atoms with van der Waals surface area (Å²) in [6, 6.07) is 13.4. The fraction of sp³-hybridized carbons (Fsp3) is 0.368. The number of aromatic nitrogens is 1. The van der Waals surface area contributed by atoms with Gasteiger partial charge < -0.3 is 14.8 Å². The summed E-state index contributed by atoms with van der Waals surface area (Å²) in [6.07, 6.45) is 2.11. The van der Waals surface area contributed by atoms with Crippen LogP contribution in [-0.2, 0) is 4.74 Å². The van der Waals surface area contributed by atoms with E-state index in [4.69, 9.17) is 14.7 Å². The van der Waals surface area contributed by atoms with E-state index in [0.717, 1.165) is 49.7 Å². The normalized spacial score (nSPS) is 14.8. The van der Waals surface area contributed by atoms with E-state index in [1.54, 1.807) is 6.07 Å². The molecule has 0 atom stereocenters. The summed E-state index contributed by atoms with van der Waals surface area (Å²) in [5, 5.41) is 12.2. The molecular formula is C19H21N3O2. The molecule has 1 N–H and O–H groups in total. The molecule has 0 saturated carbocycles. The lowest BCUT2D eigenvalue weighted by molar-refractivity contribution is 0.0496. The summed E-state index contributed by atoms with van der Waals surface area (Å²) < 4.78 is 11.4. The molecule has 0 aliphatic carbocycles. The van der Waals surface area contributed by atoms with Crippen molar-refractivity contribution in [3.05, 3.63) is 47.7 Å². The van der Waals surface area contributed by atoms with E-state index in [0.29, 0.717) is 17.4 Å². The first-order valence-electron chi connectivity index (χ1n) is 8.20. The van der Waals surface area contributed by atoms with Gasteiger partial charge >= 0.3 is 0 Å². The lowest BCUT2D eigenvalue weighted by atomic mass is 10.0. The minimum atomic E-state index is 0.392. The van der Waals surface area contributed by atoms with E-state index in [-0.39, 0.29) is 0 Å². The van der Waals surface area contributed by atoms with Crippen molar-refractivity contribution in [1.82, 2.24) is 4.98 Å². The van der Waals surface area contributed by atoms with Gasteiger partial charge in [-0.05, 0) is 49.4 Å². The van der Waals surface area contributed by atoms with Crippen LogP contribution in [0.1, 0.15) is 24.1 Å². The van der Waals surface area contributed by atoms with E-state index >= 15 is 0 Å². The number of nitrogens with zero attached hydrogens (tertiary/aromatic N) is 2. The maximum absolute atomic E-state index is 8.93. The maximum Gasteiger partial charge on any atom is 0.142 e. The number of ether oxygens (including phenoxy) is 2. The van der Waals surface area contributed by atoms with Gasteiger partial charge in [0.05, 0.1) is 6.61 Å². The van der Waals surface area contributed by atoms with Gasteiger partial charge in [-0.3, -0.25) is 0 Å². The summed E-state index contributed by atoms with van der Waals surface area (Å²) in [6.45, 7) is 4.42. The Morgan fingerprint density at radius 1 is 1.29 bits per heavy atom. The Labute approximate surface area is 142 Å². The lowest BCUT2D eigenvalue weighted by Crippen LogP contribution is -2.21. The number of pyridine rings is 1. The molecule has 24 heavy (non-hydrogen) atoms. The molecule has 1 aromatic heterocycles. The Hall–Kier alpha value is -2.58. The van der Waals surface area contributed by atoms with Crippen molar-refractivity contribution in [2.24, 2.45) is 5.92 Å². The van der Waals surface area contributed by atoms with E-state index < -0.39 is 0 Å². The van der Waals surface area contributed by atoms with Crippen LogP contribution in [0, 0.1) is 24.2 Å². The fourth-order valence-electron chi connectivity index (χ4n) is 2.67. The number of benzene rings is 1. The predicted octanol–water partition coefficient (Wildman–Crippen LogP) is 3.81. The Morgan fingerprint density at radius 2 is 2.12 bits per heavy atom. The molecule has 1 saturated heterocycles. The van der Waals surface area contributed by atoms with Gasteiger partial charge in [0.15, 0.2) is 0 Å². The number of aryl methyl sites for hydroxylation is 1. The highest BCUT2D eigenvalue weighted by Crippen LogP contribution is 2.26. The SMILES string of the molecule is Cc1ccc(Nc2cccc(C#N)n2)cc1OCC1CCOCC1. The standard InChI is InChI=1S/C19H21N3O2/c1-14-5-6-16(21-19-4-2-3-17(12-20)22-19)11-18(14)24-13-15-7-9-23-10-8-15/h2-6,11,15H,7-10,13H2,1H3,(H,21,22). The van der Waals surface area contributed by atoms with Crippen molar-refractivity contribution >= 4 is 11.5 Å². The molecule has 5 heteroatoms. The molecule has 2 aromatic rings. The van der Waals surface area contributed by atoms with Crippen LogP contribution >= 0.6 is 0 Å². The third kappa shape index (κ3) is 4.24. The number of hydrogen-bond acceptors (Lipinski definition) is 5. The van der Waals surface area contributed by atoms with Crippen molar-refractivity contribution in [2.45, 2.75) is 19.8 Å². The monoisotopic (exact) mass is 323 g/mol. The summed E-state index contributed by atoms with van der Waals surface area (Å²) >= 11 is 0. The van der Waals surface area contributed by atoms with Crippen LogP contribution in [0.5, 0.6) is 5.75 Å². The molecular weight excluding hydrogens is 302 g/mol. The zero-order chi connectivity index (χ0) is 16.8. The summed E-state index contributed by atoms with van der Waals surface area (Å²) in [7, 11) is 0. The first-order chi connectivity index (χ1) is 11.7. The third-order valence-corrected chi connectivity index (χ3v) is 4.14. The average Bonchev–Trinajstić information content (AvgIpc) is 2.63. The van der Waals surface area contributed by atoms with Gasteiger partial charge in [0, 0.05) is 25.0 Å². The number of anilines is 2. The Balaban J connectivity index is 1.67. The van der Waals surface area contributed by atoms with E-state index in [1.807, 2.05) is 43.3 Å². The van der Waals surface area contributed by atoms with E-state index in [9.17, 15) is 0 Å². The Bertz CT molecular complexity index is 734. The molecule has 1 aliphatic rings. The topological polar surface area (TPSA) is 67.2 Å². The van der Waals surface area contributed by atoms with E-state index in [2.05, 4.69) is 10.3 Å². The number of hydrogen-bond donors (Lipinski definition) is 1. The second-order valence-electron chi connectivity index (χ2n) is 5.99. The minimum Gasteiger partial charge on any atom is -0.493 e. The van der Waals surface area contributed by atoms with Crippen LogP contribution in [0.3, 0.4) is 0 Å². The highest BCUT2D eigenvalue weighted by atomic mass is 16.5. The number of nitriles is 1. The molecule has 5 nitrogen and oxygen atoms in total. The third-order valence-electron chi connectivity index (χ3n) is 4.14. The van der Waals surface area contributed by atoms with Crippen LogP contribution in [0.25, 0.3) is 0 Å². The van der Waals surface area contributed by atoms with Gasteiger partial charge in [-0.25, -0.2) is 4.98 Å². The lowest BCUT2D eigenvalue weighted by Gasteiger charge is -2.22. The smallest absolute Gasteiger partial charge is 0.142 e. The largest absolute Gasteiger partial charge is 0.493 e. The first-order valence-corrected chi connectivity index (χ1v) is 8.20. The van der Waals surface area contributed by atoms with Gasteiger partial charge in [0.25, 0.3) is 0 Å². The van der Waals surface area contributed by atoms with Gasteiger partial charge in [-0.1, -0.05) is 12.1 Å². The van der Waals surface area contributed by atoms with Crippen molar-refractivity contribution < 1.29 is 9.47 Å². The highest BCUT2D eigenvalue weighted by molar-refractivity contribution is 5.60. The maximum atomic E-state index is 8.93. The molecule has 0 bridgehead atoms. The molecule has 0 spiro atoms. The Morgan fingerprint density at radius 3 is 2.92 bits per heavy atom. The molecule has 2 heterocycles. The predicted molar refractivity (Wildman–Crippen MR) is 92.5 cm³/mol. The summed E-state index contributed by atoms with van der Waals surface area (Å²) in [5.41, 5.74) is 2.39. The molecule has 1 fully saturated rings. The van der Waals surface area contributed by atoms with Gasteiger partial charge in [-0.2, -0.15) is 5.26 Å². The van der Waals surface area contributed by atoms with Gasteiger partial charge in [-0.15, -0.1) is 0 Å². The first kappa shape index (κ1) is 16.3. The fourth-order valence-corrected chi connectivity index (χ4v) is 2.67. The average molecular weight is 323 g/mol. The number of nitrogens with one attached hydrogen (secondary N) is 1. The van der Waals surface area contributed by atoms with Crippen LogP contribution < -0.4 is 10.1 Å². The van der Waals surface area contributed by atoms with Crippen LogP contribution in [0.15, 0.2) is 36.4 Å². The molecule has 0 unspecified atom stereocenters. The molecule has 124 valence electrons. The van der Waals surface area contributed by atoms with Gasteiger partial charge in [0.2, 0.25) is 0 Å². The Kier molecular flexibility index (Phi) is 5.29. The molecule has 0 amide bonds. The quantitative estimate of drug-likeness (QED) is 0.906. The van der Waals surface area contributed by atoms with Crippen molar-refractivity contribution in [1.29, 1.82) is 5.26 Å². The van der Waals surface area contributed by atoms with Crippen LogP contribution in [0.2, 0.25) is 0 Å². The zero-order valence-corrected chi connectivity index (χ0v) is 13.8. The van der Waals surface area contributed by atoms with E-state index in [1.165, 1.54) is 0 Å². The molecule has 3 rings (SSSR count). The highest BCUT2D eigenvalue weighted by Gasteiger charge is 2.15. The minimum absolute atomic E-state index is 0.392. The molecule has 1 aromatic carbocycles. The summed E-state index contributed by atoms with van der Waals surface area (Å²) in [4.78, 5) is 4.23. The van der Waals surface area contributed by atoms with Gasteiger partial charge in [0.1, 0.15) is 23.3 Å². The molecule has 0 radical (unpaired) electrons. The van der Waals surface area contributed by atoms with Crippen molar-refractivity contribution in [3.63, 3.8) is 0 Å². The number of rotatable bonds is 5. The van der Waals surface area contributed by atoms with Crippen molar-refractivity contribution in [2.75, 3.05) is 25.1 Å². The second kappa shape index (κ2) is 7.80. The summed E-state index contributed by atoms with van der Waals surface area (Å²) in [5.74, 6) is 2.08. The zero-order valence-electron chi connectivity index (χ0n) is 13.8.